The molecular formula is C12H17NO3. The molecule has 0 saturated carbocycles. The van der Waals surface area contributed by atoms with Gasteiger partial charge in [-0.2, -0.15) is 0 Å². The van der Waals surface area contributed by atoms with Crippen LogP contribution < -0.4 is 0 Å². The maximum absolute atomic E-state index is 10.9. The fourth-order valence-corrected chi connectivity index (χ4v) is 2.17. The third kappa shape index (κ3) is 2.44. The van der Waals surface area contributed by atoms with Gasteiger partial charge in [-0.15, -0.1) is 0 Å². The van der Waals surface area contributed by atoms with Crippen LogP contribution in [0.2, 0.25) is 0 Å². The molecule has 4 heteroatoms. The number of aryl methyl sites for hydroxylation is 1. The SMILES string of the molecule is Cc1oc(CN2CCCCC2)cc1C(=O)O. The molecule has 1 N–H and O–H groups in total. The minimum Gasteiger partial charge on any atom is -0.478 e. The number of rotatable bonds is 3. The first kappa shape index (κ1) is 11.2. The van der Waals surface area contributed by atoms with E-state index in [1.165, 1.54) is 19.3 Å². The van der Waals surface area contributed by atoms with Crippen molar-refractivity contribution in [3.05, 3.63) is 23.2 Å². The molecule has 0 spiro atoms. The number of furan rings is 1. The molecule has 1 saturated heterocycles. The lowest BCUT2D eigenvalue weighted by Gasteiger charge is -2.25. The second-order valence-electron chi connectivity index (χ2n) is 4.32. The maximum Gasteiger partial charge on any atom is 0.339 e. The zero-order chi connectivity index (χ0) is 11.5. The number of hydrogen-bond acceptors (Lipinski definition) is 3. The molecule has 0 amide bonds. The summed E-state index contributed by atoms with van der Waals surface area (Å²) in [6.45, 7) is 4.60. The van der Waals surface area contributed by atoms with Crippen LogP contribution in [0.4, 0.5) is 0 Å². The highest BCUT2D eigenvalue weighted by Gasteiger charge is 2.17. The first-order valence-corrected chi connectivity index (χ1v) is 5.72. The van der Waals surface area contributed by atoms with Crippen molar-refractivity contribution in [1.82, 2.24) is 4.90 Å². The standard InChI is InChI=1S/C12H17NO3/c1-9-11(12(14)15)7-10(16-9)8-13-5-3-2-4-6-13/h7H,2-6,8H2,1H3,(H,14,15). The maximum atomic E-state index is 10.9. The van der Waals surface area contributed by atoms with Gasteiger partial charge in [0.15, 0.2) is 0 Å². The number of carboxylic acid groups (broad SMARTS) is 1. The van der Waals surface area contributed by atoms with Crippen molar-refractivity contribution in [3.8, 4) is 0 Å². The summed E-state index contributed by atoms with van der Waals surface area (Å²) in [5.74, 6) is 0.349. The average molecular weight is 223 g/mol. The molecule has 2 heterocycles. The summed E-state index contributed by atoms with van der Waals surface area (Å²) in [5.41, 5.74) is 0.284. The van der Waals surface area contributed by atoms with Crippen molar-refractivity contribution in [3.63, 3.8) is 0 Å². The minimum atomic E-state index is -0.911. The number of carboxylic acids is 1. The van der Waals surface area contributed by atoms with Crippen molar-refractivity contribution in [2.24, 2.45) is 0 Å². The first-order valence-electron chi connectivity index (χ1n) is 5.72. The van der Waals surface area contributed by atoms with Crippen molar-refractivity contribution in [2.45, 2.75) is 32.7 Å². The number of likely N-dealkylation sites (tertiary alicyclic amines) is 1. The molecule has 1 aromatic rings. The average Bonchev–Trinajstić information content (AvgIpc) is 2.61. The lowest BCUT2D eigenvalue weighted by Crippen LogP contribution is -2.28. The van der Waals surface area contributed by atoms with Crippen LogP contribution in [-0.4, -0.2) is 29.1 Å². The fraction of sp³-hybridized carbons (Fsp3) is 0.583. The molecule has 1 aromatic heterocycles. The summed E-state index contributed by atoms with van der Waals surface area (Å²) in [6, 6.07) is 1.65. The first-order chi connectivity index (χ1) is 7.66. The van der Waals surface area contributed by atoms with Gasteiger partial charge in [0.25, 0.3) is 0 Å². The molecule has 0 aromatic carbocycles. The highest BCUT2D eigenvalue weighted by Crippen LogP contribution is 2.18. The molecule has 1 fully saturated rings. The van der Waals surface area contributed by atoms with Gasteiger partial charge in [0.05, 0.1) is 6.54 Å². The van der Waals surface area contributed by atoms with Crippen LogP contribution in [0, 0.1) is 6.92 Å². The van der Waals surface area contributed by atoms with Gasteiger partial charge in [-0.05, 0) is 38.9 Å². The van der Waals surface area contributed by atoms with Crippen molar-refractivity contribution < 1.29 is 14.3 Å². The van der Waals surface area contributed by atoms with Crippen LogP contribution in [-0.2, 0) is 6.54 Å². The molecule has 0 unspecified atom stereocenters. The summed E-state index contributed by atoms with van der Waals surface area (Å²) in [6.07, 6.45) is 3.75. The summed E-state index contributed by atoms with van der Waals surface area (Å²) < 4.78 is 5.46. The van der Waals surface area contributed by atoms with Crippen LogP contribution in [0.5, 0.6) is 0 Å². The number of aromatic carboxylic acids is 1. The number of hydrogen-bond donors (Lipinski definition) is 1. The van der Waals surface area contributed by atoms with Gasteiger partial charge in [0.1, 0.15) is 17.1 Å². The smallest absolute Gasteiger partial charge is 0.339 e. The van der Waals surface area contributed by atoms with Gasteiger partial charge >= 0.3 is 5.97 Å². The van der Waals surface area contributed by atoms with E-state index < -0.39 is 5.97 Å². The Hall–Kier alpha value is -1.29. The molecule has 1 aliphatic heterocycles. The molecule has 2 rings (SSSR count). The molecule has 0 aliphatic carbocycles. The lowest BCUT2D eigenvalue weighted by molar-refractivity contribution is 0.0695. The highest BCUT2D eigenvalue weighted by atomic mass is 16.4. The Morgan fingerprint density at radius 2 is 2.12 bits per heavy atom. The van der Waals surface area contributed by atoms with Gasteiger partial charge in [-0.1, -0.05) is 6.42 Å². The normalized spacial score (nSPS) is 17.6. The summed E-state index contributed by atoms with van der Waals surface area (Å²) in [4.78, 5) is 13.2. The fourth-order valence-electron chi connectivity index (χ4n) is 2.17. The zero-order valence-electron chi connectivity index (χ0n) is 9.53. The van der Waals surface area contributed by atoms with E-state index in [1.807, 2.05) is 0 Å². The molecule has 0 radical (unpaired) electrons. The van der Waals surface area contributed by atoms with E-state index in [1.54, 1.807) is 13.0 Å². The van der Waals surface area contributed by atoms with E-state index in [-0.39, 0.29) is 5.56 Å². The number of piperidine rings is 1. The third-order valence-corrected chi connectivity index (χ3v) is 3.03. The number of nitrogens with zero attached hydrogens (tertiary/aromatic N) is 1. The van der Waals surface area contributed by atoms with E-state index in [0.717, 1.165) is 25.4 Å². The van der Waals surface area contributed by atoms with Gasteiger partial charge in [-0.25, -0.2) is 4.79 Å². The highest BCUT2D eigenvalue weighted by molar-refractivity contribution is 5.88. The van der Waals surface area contributed by atoms with Gasteiger partial charge in [-0.3, -0.25) is 4.90 Å². The van der Waals surface area contributed by atoms with E-state index in [4.69, 9.17) is 9.52 Å². The molecule has 4 nitrogen and oxygen atoms in total. The topological polar surface area (TPSA) is 53.7 Å². The van der Waals surface area contributed by atoms with E-state index in [2.05, 4.69) is 4.90 Å². The largest absolute Gasteiger partial charge is 0.478 e. The Bertz CT molecular complexity index is 378. The molecule has 16 heavy (non-hydrogen) atoms. The van der Waals surface area contributed by atoms with Crippen LogP contribution in [0.25, 0.3) is 0 Å². The summed E-state index contributed by atoms with van der Waals surface area (Å²) >= 11 is 0. The molecular weight excluding hydrogens is 206 g/mol. The summed E-state index contributed by atoms with van der Waals surface area (Å²) in [5, 5.41) is 8.91. The molecule has 1 aliphatic rings. The molecule has 0 atom stereocenters. The van der Waals surface area contributed by atoms with Crippen molar-refractivity contribution in [2.75, 3.05) is 13.1 Å². The Morgan fingerprint density at radius 3 is 2.69 bits per heavy atom. The van der Waals surface area contributed by atoms with Crippen LogP contribution in [0.3, 0.4) is 0 Å². The predicted octanol–water partition coefficient (Wildman–Crippen LogP) is 2.27. The Morgan fingerprint density at radius 1 is 1.44 bits per heavy atom. The van der Waals surface area contributed by atoms with E-state index >= 15 is 0 Å². The van der Waals surface area contributed by atoms with Crippen LogP contribution >= 0.6 is 0 Å². The zero-order valence-corrected chi connectivity index (χ0v) is 9.53. The Kier molecular flexibility index (Phi) is 3.29. The van der Waals surface area contributed by atoms with Crippen LogP contribution in [0.15, 0.2) is 10.5 Å². The quantitative estimate of drug-likeness (QED) is 0.854. The molecule has 88 valence electrons. The van der Waals surface area contributed by atoms with Gasteiger partial charge < -0.3 is 9.52 Å². The van der Waals surface area contributed by atoms with E-state index in [0.29, 0.717) is 5.76 Å². The van der Waals surface area contributed by atoms with Crippen molar-refractivity contribution >= 4 is 5.97 Å². The monoisotopic (exact) mass is 223 g/mol. The summed E-state index contributed by atoms with van der Waals surface area (Å²) in [7, 11) is 0. The minimum absolute atomic E-state index is 0.284. The second kappa shape index (κ2) is 4.70. The number of carbonyl (C=O) groups is 1. The van der Waals surface area contributed by atoms with Crippen molar-refractivity contribution in [1.29, 1.82) is 0 Å². The lowest BCUT2D eigenvalue weighted by atomic mass is 10.1. The van der Waals surface area contributed by atoms with Gasteiger partial charge in [0, 0.05) is 0 Å². The molecule has 0 bridgehead atoms. The van der Waals surface area contributed by atoms with E-state index in [9.17, 15) is 4.79 Å². The third-order valence-electron chi connectivity index (χ3n) is 3.03. The Labute approximate surface area is 94.9 Å². The second-order valence-corrected chi connectivity index (χ2v) is 4.32. The van der Waals surface area contributed by atoms with Crippen LogP contribution in [0.1, 0.15) is 41.1 Å². The predicted molar refractivity (Wildman–Crippen MR) is 59.5 cm³/mol. The Balaban J connectivity index is 2.03. The van der Waals surface area contributed by atoms with Gasteiger partial charge in [0.2, 0.25) is 0 Å².